The fraction of sp³-hybridized carbons (Fsp3) is 0.435. The Kier molecular flexibility index (Phi) is 6.16. The summed E-state index contributed by atoms with van der Waals surface area (Å²) in [5.41, 5.74) is 2.56. The highest BCUT2D eigenvalue weighted by Gasteiger charge is 2.33. The van der Waals surface area contributed by atoms with Crippen LogP contribution in [0.5, 0.6) is 0 Å². The molecule has 4 rings (SSSR count). The summed E-state index contributed by atoms with van der Waals surface area (Å²) in [6.07, 6.45) is 1.97. The fourth-order valence-corrected chi connectivity index (χ4v) is 4.27. The van der Waals surface area contributed by atoms with Crippen LogP contribution in [0, 0.1) is 12.7 Å². The Morgan fingerprint density at radius 3 is 2.53 bits per heavy atom. The van der Waals surface area contributed by atoms with Crippen LogP contribution in [-0.2, 0) is 16.1 Å². The van der Waals surface area contributed by atoms with Gasteiger partial charge in [0.25, 0.3) is 5.91 Å². The second-order valence-electron chi connectivity index (χ2n) is 7.93. The first-order chi connectivity index (χ1) is 15.4. The minimum absolute atomic E-state index is 0.0165. The van der Waals surface area contributed by atoms with E-state index in [0.29, 0.717) is 62.1 Å². The Morgan fingerprint density at radius 1 is 1.12 bits per heavy atom. The number of allylic oxidation sites excluding steroid dienone is 2. The van der Waals surface area contributed by atoms with Crippen molar-refractivity contribution in [2.24, 2.45) is 0 Å². The highest BCUT2D eigenvalue weighted by atomic mass is 19.1. The van der Waals surface area contributed by atoms with Crippen molar-refractivity contribution in [2.45, 2.75) is 27.3 Å². The van der Waals surface area contributed by atoms with Crippen LogP contribution in [0.25, 0.3) is 0 Å². The second kappa shape index (κ2) is 9.02. The number of fused-ring (bicyclic) bond motifs is 1. The minimum Gasteiger partial charge on any atom is -0.465 e. The van der Waals surface area contributed by atoms with Gasteiger partial charge in [0.1, 0.15) is 23.7 Å². The van der Waals surface area contributed by atoms with E-state index >= 15 is 0 Å². The molecule has 1 aromatic carbocycles. The molecule has 1 aromatic heterocycles. The molecular weight excluding hydrogens is 413 g/mol. The van der Waals surface area contributed by atoms with Crippen molar-refractivity contribution in [3.8, 4) is 0 Å². The van der Waals surface area contributed by atoms with Crippen LogP contribution in [0.2, 0.25) is 0 Å². The predicted octanol–water partition coefficient (Wildman–Crippen LogP) is 2.58. The number of esters is 1. The Balaban J connectivity index is 1.55. The molecule has 9 heteroatoms. The third-order valence-corrected chi connectivity index (χ3v) is 5.91. The number of carbonyl (C=O) groups excluding carboxylic acids is 2. The van der Waals surface area contributed by atoms with Crippen molar-refractivity contribution in [3.63, 3.8) is 0 Å². The zero-order chi connectivity index (χ0) is 22.8. The number of ether oxygens (including phenoxy) is 1. The maximum atomic E-state index is 14.2. The molecular formula is C23H28FN5O3. The molecule has 2 aliphatic rings. The maximum Gasteiger partial charge on any atom is 0.326 e. The number of anilines is 2. The molecule has 0 atom stereocenters. The van der Waals surface area contributed by atoms with Crippen molar-refractivity contribution in [1.82, 2.24) is 14.7 Å². The molecule has 170 valence electrons. The Hall–Kier alpha value is -3.36. The third kappa shape index (κ3) is 4.06. The number of amides is 1. The molecule has 0 unspecified atom stereocenters. The molecule has 0 spiro atoms. The SMILES string of the molecule is CCOC(=O)CN1C(C)=CCn2nc(C)c(C(=O)N3CCN(c4ccccc4F)CC3)c21. The van der Waals surface area contributed by atoms with Crippen LogP contribution in [0.3, 0.4) is 0 Å². The molecule has 0 aliphatic carbocycles. The van der Waals surface area contributed by atoms with Gasteiger partial charge in [0.2, 0.25) is 0 Å². The predicted molar refractivity (Wildman–Crippen MR) is 119 cm³/mol. The van der Waals surface area contributed by atoms with Crippen LogP contribution in [-0.4, -0.2) is 65.9 Å². The quantitative estimate of drug-likeness (QED) is 0.665. The molecule has 0 radical (unpaired) electrons. The van der Waals surface area contributed by atoms with Crippen molar-refractivity contribution in [1.29, 1.82) is 0 Å². The van der Waals surface area contributed by atoms with Gasteiger partial charge in [-0.15, -0.1) is 0 Å². The van der Waals surface area contributed by atoms with E-state index in [1.165, 1.54) is 6.07 Å². The number of hydrogen-bond acceptors (Lipinski definition) is 6. The number of aromatic nitrogens is 2. The first kappa shape index (κ1) is 21.9. The maximum absolute atomic E-state index is 14.2. The largest absolute Gasteiger partial charge is 0.465 e. The number of benzene rings is 1. The lowest BCUT2D eigenvalue weighted by Gasteiger charge is -2.37. The van der Waals surface area contributed by atoms with Crippen LogP contribution in [0.4, 0.5) is 15.9 Å². The van der Waals surface area contributed by atoms with Gasteiger partial charge in [-0.2, -0.15) is 5.10 Å². The van der Waals surface area contributed by atoms with Gasteiger partial charge in [-0.05, 0) is 39.0 Å². The Morgan fingerprint density at radius 2 is 1.84 bits per heavy atom. The zero-order valence-electron chi connectivity index (χ0n) is 18.7. The van der Waals surface area contributed by atoms with Crippen molar-refractivity contribution >= 4 is 23.4 Å². The minimum atomic E-state index is -0.357. The molecule has 0 N–H and O–H groups in total. The number of rotatable bonds is 5. The van der Waals surface area contributed by atoms with Crippen molar-refractivity contribution < 1.29 is 18.7 Å². The number of hydrogen-bond donors (Lipinski definition) is 0. The number of carbonyl (C=O) groups is 2. The highest BCUT2D eigenvalue weighted by molar-refractivity contribution is 6.01. The normalized spacial score (nSPS) is 16.0. The summed E-state index contributed by atoms with van der Waals surface area (Å²) < 4.78 is 21.0. The Labute approximate surface area is 186 Å². The molecule has 3 heterocycles. The first-order valence-electron chi connectivity index (χ1n) is 10.9. The average molecular weight is 442 g/mol. The number of nitrogens with zero attached hydrogens (tertiary/aromatic N) is 5. The average Bonchev–Trinajstić information content (AvgIpc) is 3.12. The van der Waals surface area contributed by atoms with E-state index in [0.717, 1.165) is 5.70 Å². The van der Waals surface area contributed by atoms with Gasteiger partial charge in [0.15, 0.2) is 0 Å². The molecule has 0 saturated carbocycles. The molecule has 32 heavy (non-hydrogen) atoms. The molecule has 1 fully saturated rings. The molecule has 1 amide bonds. The summed E-state index contributed by atoms with van der Waals surface area (Å²) in [7, 11) is 0. The lowest BCUT2D eigenvalue weighted by molar-refractivity contribution is -0.141. The lowest BCUT2D eigenvalue weighted by Crippen LogP contribution is -2.49. The van der Waals surface area contributed by atoms with Crippen LogP contribution >= 0.6 is 0 Å². The van der Waals surface area contributed by atoms with E-state index in [4.69, 9.17) is 4.74 Å². The van der Waals surface area contributed by atoms with Gasteiger partial charge in [0.05, 0.1) is 24.5 Å². The van der Waals surface area contributed by atoms with Gasteiger partial charge in [-0.3, -0.25) is 9.59 Å². The van der Waals surface area contributed by atoms with Crippen LogP contribution in [0.1, 0.15) is 29.9 Å². The summed E-state index contributed by atoms with van der Waals surface area (Å²) in [5, 5.41) is 4.55. The van der Waals surface area contributed by atoms with E-state index in [1.54, 1.807) is 33.5 Å². The summed E-state index contributed by atoms with van der Waals surface area (Å²) >= 11 is 0. The number of piperazine rings is 1. The number of halogens is 1. The Bertz CT molecular complexity index is 1060. The van der Waals surface area contributed by atoms with Gasteiger partial charge < -0.3 is 19.4 Å². The van der Waals surface area contributed by atoms with E-state index in [1.807, 2.05) is 30.9 Å². The lowest BCUT2D eigenvalue weighted by atomic mass is 10.1. The molecule has 0 bridgehead atoms. The van der Waals surface area contributed by atoms with Gasteiger partial charge in [0, 0.05) is 31.9 Å². The van der Waals surface area contributed by atoms with Gasteiger partial charge in [-0.25, -0.2) is 9.07 Å². The van der Waals surface area contributed by atoms with Crippen molar-refractivity contribution in [2.75, 3.05) is 49.1 Å². The van der Waals surface area contributed by atoms with Gasteiger partial charge in [-0.1, -0.05) is 12.1 Å². The molecule has 2 aromatic rings. The second-order valence-corrected chi connectivity index (χ2v) is 7.93. The van der Waals surface area contributed by atoms with Crippen molar-refractivity contribution in [3.05, 3.63) is 53.1 Å². The molecule has 8 nitrogen and oxygen atoms in total. The summed E-state index contributed by atoms with van der Waals surface area (Å²) in [6.45, 7) is 8.37. The van der Waals surface area contributed by atoms with Crippen LogP contribution < -0.4 is 9.80 Å². The number of para-hydroxylation sites is 1. The monoisotopic (exact) mass is 441 g/mol. The standard InChI is InChI=1S/C23H28FN5O3/c1-4-32-20(30)15-28-16(2)9-10-29-22(28)21(17(3)25-29)23(31)27-13-11-26(12-14-27)19-8-6-5-7-18(19)24/h5-9H,4,10-15H2,1-3H3. The van der Waals surface area contributed by atoms with Gasteiger partial charge >= 0.3 is 5.97 Å². The molecule has 1 saturated heterocycles. The zero-order valence-corrected chi connectivity index (χ0v) is 18.7. The fourth-order valence-electron chi connectivity index (χ4n) is 4.27. The van der Waals surface area contributed by atoms with E-state index in [2.05, 4.69) is 5.10 Å². The summed E-state index contributed by atoms with van der Waals surface area (Å²) in [4.78, 5) is 31.3. The summed E-state index contributed by atoms with van der Waals surface area (Å²) in [5.74, 6) is -0.118. The van der Waals surface area contributed by atoms with E-state index < -0.39 is 0 Å². The van der Waals surface area contributed by atoms with Crippen LogP contribution in [0.15, 0.2) is 36.0 Å². The smallest absolute Gasteiger partial charge is 0.326 e. The first-order valence-corrected chi connectivity index (χ1v) is 10.9. The summed E-state index contributed by atoms with van der Waals surface area (Å²) in [6, 6.07) is 6.69. The number of aryl methyl sites for hydroxylation is 1. The molecule has 2 aliphatic heterocycles. The topological polar surface area (TPSA) is 70.9 Å². The highest BCUT2D eigenvalue weighted by Crippen LogP contribution is 2.32. The van der Waals surface area contributed by atoms with E-state index in [-0.39, 0.29) is 24.2 Å². The van der Waals surface area contributed by atoms with E-state index in [9.17, 15) is 14.0 Å². The third-order valence-electron chi connectivity index (χ3n) is 5.91.